The van der Waals surface area contributed by atoms with Gasteiger partial charge in [0, 0.05) is 10.2 Å². The van der Waals surface area contributed by atoms with Crippen molar-refractivity contribution in [2.75, 3.05) is 13.2 Å². The van der Waals surface area contributed by atoms with Crippen molar-refractivity contribution in [1.29, 1.82) is 0 Å². The second kappa shape index (κ2) is 16.6. The van der Waals surface area contributed by atoms with Crippen molar-refractivity contribution in [3.63, 3.8) is 0 Å². The van der Waals surface area contributed by atoms with Crippen molar-refractivity contribution in [3.8, 4) is 0 Å². The van der Waals surface area contributed by atoms with E-state index in [-0.39, 0.29) is 45.5 Å². The molecule has 0 aromatic carbocycles. The Morgan fingerprint density at radius 1 is 0.593 bits per heavy atom. The molecule has 0 fully saturated rings. The molecule has 0 amide bonds. The van der Waals surface area contributed by atoms with Crippen LogP contribution in [0.4, 0.5) is 0 Å². The molecular weight excluding hydrogens is 488 g/mol. The molecule has 0 aromatic rings. The average Bonchev–Trinajstić information content (AvgIpc) is 2.62. The summed E-state index contributed by atoms with van der Waals surface area (Å²) < 4.78 is 0. The monoisotopic (exact) mass is 510 g/mol. The predicted octanol–water partition coefficient (Wildman–Crippen LogP) is -7.39. The molecule has 0 bridgehead atoms. The molecule has 15 heteroatoms. The first-order valence-electron chi connectivity index (χ1n) is 6.91. The summed E-state index contributed by atoms with van der Waals surface area (Å²) in [7, 11) is 0. The van der Waals surface area contributed by atoms with Crippen LogP contribution in [0, 0.1) is 0 Å². The summed E-state index contributed by atoms with van der Waals surface area (Å²) >= 11 is 8.03. The van der Waals surface area contributed by atoms with E-state index in [4.69, 9.17) is 51.1 Å². The van der Waals surface area contributed by atoms with E-state index in [2.05, 4.69) is 25.3 Å². The van der Waals surface area contributed by atoms with Crippen LogP contribution in [-0.4, -0.2) is 169 Å². The molecule has 0 aliphatic heterocycles. The van der Waals surface area contributed by atoms with Gasteiger partial charge in [0.2, 0.25) is 0 Å². The van der Waals surface area contributed by atoms with Crippen LogP contribution in [0.3, 0.4) is 0 Å². The number of carbonyl (C=O) groups excluding carboxylic acids is 2. The van der Waals surface area contributed by atoms with E-state index in [9.17, 15) is 9.59 Å². The Hall–Kier alpha value is 0.861. The molecule has 0 unspecified atom stereocenters. The minimum absolute atomic E-state index is 0. The molecular formula is C12H22O12S2Sr. The average molecular weight is 510 g/mol. The smallest absolute Gasteiger partial charge is 0.739 e. The van der Waals surface area contributed by atoms with Gasteiger partial charge in [-0.1, -0.05) is 0 Å². The second-order valence-corrected chi connectivity index (χ2v) is 5.79. The van der Waals surface area contributed by atoms with Gasteiger partial charge in [0.1, 0.15) is 48.8 Å². The molecule has 0 spiro atoms. The summed E-state index contributed by atoms with van der Waals surface area (Å²) in [5.41, 5.74) is 0. The van der Waals surface area contributed by atoms with Crippen LogP contribution in [-0.2, 0) is 34.8 Å². The maximum Gasteiger partial charge on any atom is 2.00 e. The van der Waals surface area contributed by atoms with E-state index in [0.717, 1.165) is 0 Å². The van der Waals surface area contributed by atoms with Gasteiger partial charge in [-0.05, 0) is 0 Å². The fourth-order valence-corrected chi connectivity index (χ4v) is 1.60. The maximum absolute atomic E-state index is 10.4. The fraction of sp³-hybridized carbons (Fsp3) is 0.833. The molecule has 8 atom stereocenters. The van der Waals surface area contributed by atoms with Crippen LogP contribution in [0.25, 0.3) is 0 Å². The van der Waals surface area contributed by atoms with Gasteiger partial charge in [-0.15, -0.1) is 0 Å². The van der Waals surface area contributed by atoms with Crippen molar-refractivity contribution in [3.05, 3.63) is 0 Å². The number of hydrogen-bond donors (Lipinski definition) is 10. The zero-order valence-electron chi connectivity index (χ0n) is 13.8. The van der Waals surface area contributed by atoms with Gasteiger partial charge in [0.15, 0.2) is 0 Å². The molecule has 0 radical (unpaired) electrons. The Labute approximate surface area is 202 Å². The zero-order valence-corrected chi connectivity index (χ0v) is 19.0. The van der Waals surface area contributed by atoms with E-state index >= 15 is 0 Å². The molecule has 0 aromatic heterocycles. The molecule has 0 rings (SSSR count). The van der Waals surface area contributed by atoms with Crippen molar-refractivity contribution in [2.24, 2.45) is 0 Å². The van der Waals surface area contributed by atoms with Crippen LogP contribution in [0.2, 0.25) is 0 Å². The standard InChI is InChI=1S/2C6H12O6S.Sr/c2*7-1-2(8)3(9)4(10)5(11)6(12)13;/h2*2-5,7-11H,1H2,(H,12,13);/q;;+2/p-2/t2*2-,3-,4+,5-;/m11./s1. The van der Waals surface area contributed by atoms with Crippen LogP contribution in [0.1, 0.15) is 0 Å². The summed E-state index contributed by atoms with van der Waals surface area (Å²) in [6.45, 7) is -1.59. The third-order valence-electron chi connectivity index (χ3n) is 2.99. The van der Waals surface area contributed by atoms with E-state index in [1.54, 1.807) is 0 Å². The number of carbonyl (C=O) groups is 2. The summed E-state index contributed by atoms with van der Waals surface area (Å²) in [6.07, 6.45) is -14.5. The first-order chi connectivity index (χ1) is 11.8. The maximum atomic E-state index is 10.4. The Bertz CT molecular complexity index is 393. The van der Waals surface area contributed by atoms with Crippen molar-refractivity contribution in [1.82, 2.24) is 0 Å². The van der Waals surface area contributed by atoms with Crippen LogP contribution >= 0.6 is 0 Å². The van der Waals surface area contributed by atoms with Crippen LogP contribution in [0.5, 0.6) is 0 Å². The van der Waals surface area contributed by atoms with Gasteiger partial charge in [-0.25, -0.2) is 0 Å². The number of aliphatic hydroxyl groups is 10. The first-order valence-corrected chi connectivity index (χ1v) is 7.72. The summed E-state index contributed by atoms with van der Waals surface area (Å²) in [6, 6.07) is 0. The first kappa shape index (κ1) is 32.5. The molecule has 0 aliphatic carbocycles. The Morgan fingerprint density at radius 3 is 0.963 bits per heavy atom. The van der Waals surface area contributed by atoms with E-state index in [1.807, 2.05) is 0 Å². The molecule has 0 saturated carbocycles. The molecule has 10 N–H and O–H groups in total. The van der Waals surface area contributed by atoms with E-state index in [1.165, 1.54) is 0 Å². The van der Waals surface area contributed by atoms with Crippen molar-refractivity contribution < 1.29 is 60.7 Å². The van der Waals surface area contributed by atoms with Crippen molar-refractivity contribution >= 4 is 81.0 Å². The quantitative estimate of drug-likeness (QED) is 0.0972. The Morgan fingerprint density at radius 2 is 0.815 bits per heavy atom. The molecule has 0 heterocycles. The van der Waals surface area contributed by atoms with Gasteiger partial charge in [0.25, 0.3) is 0 Å². The topological polar surface area (TPSA) is 236 Å². The van der Waals surface area contributed by atoms with E-state index < -0.39 is 72.3 Å². The van der Waals surface area contributed by atoms with Gasteiger partial charge >= 0.3 is 45.5 Å². The van der Waals surface area contributed by atoms with E-state index in [0.29, 0.717) is 0 Å². The van der Waals surface area contributed by atoms with Gasteiger partial charge < -0.3 is 85.9 Å². The minimum Gasteiger partial charge on any atom is -0.739 e. The number of aliphatic hydroxyl groups excluding tert-OH is 10. The Balaban J connectivity index is -0.000000411. The van der Waals surface area contributed by atoms with Gasteiger partial charge in [-0.2, -0.15) is 0 Å². The molecule has 27 heavy (non-hydrogen) atoms. The SMILES string of the molecule is O=C([S-])[C@H](O)[C@@H](O)[C@H](O)[C@H](O)CO.O=C([S-])[C@H](O)[C@@H](O)[C@H](O)[C@H](O)CO.[Sr+2]. The largest absolute Gasteiger partial charge is 2.00 e. The minimum atomic E-state index is -1.94. The molecule has 0 aliphatic rings. The number of hydrogen-bond acceptors (Lipinski definition) is 14. The van der Waals surface area contributed by atoms with Crippen LogP contribution in [0.15, 0.2) is 0 Å². The molecule has 0 saturated heterocycles. The fourth-order valence-electron chi connectivity index (χ4n) is 1.32. The summed E-state index contributed by atoms with van der Waals surface area (Å²) in [5.74, 6) is 0. The Kier molecular flexibility index (Phi) is 20.0. The molecule has 12 nitrogen and oxygen atoms in total. The third-order valence-corrected chi connectivity index (χ3v) is 3.48. The normalized spacial score (nSPS) is 19.6. The van der Waals surface area contributed by atoms with Gasteiger partial charge in [-0.3, -0.25) is 0 Å². The summed E-state index contributed by atoms with van der Waals surface area (Å²) in [5, 5.41) is 85.7. The predicted molar refractivity (Wildman–Crippen MR) is 92.7 cm³/mol. The van der Waals surface area contributed by atoms with Gasteiger partial charge in [0.05, 0.1) is 13.2 Å². The third kappa shape index (κ3) is 12.2. The zero-order chi connectivity index (χ0) is 21.2. The molecule has 156 valence electrons. The second-order valence-electron chi connectivity index (χ2n) is 4.99. The van der Waals surface area contributed by atoms with Crippen molar-refractivity contribution in [2.45, 2.75) is 48.8 Å². The number of rotatable bonds is 10. The summed E-state index contributed by atoms with van der Waals surface area (Å²) in [4.78, 5) is 20.7. The van der Waals surface area contributed by atoms with Crippen LogP contribution < -0.4 is 0 Å².